The molecule has 0 amide bonds. The number of hydrogen-bond donors (Lipinski definition) is 0. The molecule has 0 radical (unpaired) electrons. The lowest BCUT2D eigenvalue weighted by Gasteiger charge is -2.01. The van der Waals surface area contributed by atoms with Crippen molar-refractivity contribution in [3.63, 3.8) is 0 Å². The lowest BCUT2D eigenvalue weighted by atomic mass is 10.1. The van der Waals surface area contributed by atoms with Gasteiger partial charge in [-0.05, 0) is 30.2 Å². The minimum atomic E-state index is 0.675. The highest BCUT2D eigenvalue weighted by atomic mass is 79.9. The van der Waals surface area contributed by atoms with Crippen molar-refractivity contribution in [3.8, 4) is 0 Å². The van der Waals surface area contributed by atoms with Gasteiger partial charge in [-0.1, -0.05) is 57.7 Å². The standard InChI is InChI=1S/C11H11BrCl2/c1-2-8(7-12)3-9-4-10(13)6-11(14)5-9/h3-6H,2,7H2,1H3/b8-3-. The van der Waals surface area contributed by atoms with E-state index in [0.717, 1.165) is 17.3 Å². The van der Waals surface area contributed by atoms with Gasteiger partial charge in [-0.25, -0.2) is 0 Å². The van der Waals surface area contributed by atoms with Crippen LogP contribution in [0.1, 0.15) is 18.9 Å². The van der Waals surface area contributed by atoms with Crippen LogP contribution in [0.25, 0.3) is 6.08 Å². The summed E-state index contributed by atoms with van der Waals surface area (Å²) >= 11 is 15.2. The minimum absolute atomic E-state index is 0.675. The van der Waals surface area contributed by atoms with Crippen LogP contribution in [-0.2, 0) is 0 Å². The van der Waals surface area contributed by atoms with Gasteiger partial charge in [0.05, 0.1) is 0 Å². The van der Waals surface area contributed by atoms with Crippen LogP contribution in [0, 0.1) is 0 Å². The van der Waals surface area contributed by atoms with Crippen molar-refractivity contribution in [3.05, 3.63) is 39.4 Å². The van der Waals surface area contributed by atoms with Gasteiger partial charge in [0.25, 0.3) is 0 Å². The van der Waals surface area contributed by atoms with Crippen LogP contribution in [0.5, 0.6) is 0 Å². The van der Waals surface area contributed by atoms with Crippen LogP contribution in [0.15, 0.2) is 23.8 Å². The Morgan fingerprint density at radius 1 is 1.29 bits per heavy atom. The summed E-state index contributed by atoms with van der Waals surface area (Å²) in [6.07, 6.45) is 3.13. The summed E-state index contributed by atoms with van der Waals surface area (Å²) in [6, 6.07) is 5.55. The van der Waals surface area contributed by atoms with E-state index in [0.29, 0.717) is 10.0 Å². The monoisotopic (exact) mass is 292 g/mol. The van der Waals surface area contributed by atoms with Gasteiger partial charge < -0.3 is 0 Å². The third-order valence-corrected chi connectivity index (χ3v) is 3.04. The van der Waals surface area contributed by atoms with Gasteiger partial charge in [0.15, 0.2) is 0 Å². The lowest BCUT2D eigenvalue weighted by Crippen LogP contribution is -1.82. The zero-order valence-electron chi connectivity index (χ0n) is 7.86. The normalized spacial score (nSPS) is 11.9. The van der Waals surface area contributed by atoms with Gasteiger partial charge in [-0.3, -0.25) is 0 Å². The number of allylic oxidation sites excluding steroid dienone is 1. The second kappa shape index (κ2) is 5.79. The quantitative estimate of drug-likeness (QED) is 0.674. The fraction of sp³-hybridized carbons (Fsp3) is 0.273. The molecule has 76 valence electrons. The van der Waals surface area contributed by atoms with E-state index in [1.165, 1.54) is 5.57 Å². The van der Waals surface area contributed by atoms with Crippen molar-refractivity contribution in [2.45, 2.75) is 13.3 Å². The van der Waals surface area contributed by atoms with E-state index < -0.39 is 0 Å². The first-order chi connectivity index (χ1) is 6.65. The summed E-state index contributed by atoms with van der Waals surface area (Å²) in [4.78, 5) is 0. The van der Waals surface area contributed by atoms with Crippen molar-refractivity contribution >= 4 is 45.2 Å². The third kappa shape index (κ3) is 3.64. The van der Waals surface area contributed by atoms with Gasteiger partial charge in [-0.2, -0.15) is 0 Å². The van der Waals surface area contributed by atoms with Crippen molar-refractivity contribution in [2.24, 2.45) is 0 Å². The van der Waals surface area contributed by atoms with E-state index in [-0.39, 0.29) is 0 Å². The average Bonchev–Trinajstić information content (AvgIpc) is 2.12. The summed E-state index contributed by atoms with van der Waals surface area (Å²) in [5, 5.41) is 2.23. The molecule has 0 aromatic heterocycles. The first-order valence-electron chi connectivity index (χ1n) is 4.37. The Morgan fingerprint density at radius 3 is 2.29 bits per heavy atom. The third-order valence-electron chi connectivity index (χ3n) is 1.88. The number of hydrogen-bond acceptors (Lipinski definition) is 0. The Balaban J connectivity index is 3.01. The van der Waals surface area contributed by atoms with Crippen LogP contribution in [-0.4, -0.2) is 5.33 Å². The molecule has 0 atom stereocenters. The van der Waals surface area contributed by atoms with Crippen LogP contribution < -0.4 is 0 Å². The van der Waals surface area contributed by atoms with Crippen molar-refractivity contribution in [2.75, 3.05) is 5.33 Å². The molecule has 0 heterocycles. The lowest BCUT2D eigenvalue weighted by molar-refractivity contribution is 1.12. The van der Waals surface area contributed by atoms with Gasteiger partial charge in [-0.15, -0.1) is 0 Å². The van der Waals surface area contributed by atoms with E-state index in [1.807, 2.05) is 12.1 Å². The zero-order chi connectivity index (χ0) is 10.6. The Labute approximate surface area is 103 Å². The number of halogens is 3. The Morgan fingerprint density at radius 2 is 1.86 bits per heavy atom. The van der Waals surface area contributed by atoms with Gasteiger partial charge in [0.2, 0.25) is 0 Å². The van der Waals surface area contributed by atoms with Gasteiger partial charge in [0, 0.05) is 15.4 Å². The highest BCUT2D eigenvalue weighted by molar-refractivity contribution is 9.09. The molecule has 1 rings (SSSR count). The van der Waals surface area contributed by atoms with Crippen LogP contribution in [0.2, 0.25) is 10.0 Å². The fourth-order valence-electron chi connectivity index (χ4n) is 1.13. The van der Waals surface area contributed by atoms with Gasteiger partial charge >= 0.3 is 0 Å². The summed E-state index contributed by atoms with van der Waals surface area (Å²) in [7, 11) is 0. The SMILES string of the molecule is CC/C(=C/c1cc(Cl)cc(Cl)c1)CBr. The minimum Gasteiger partial charge on any atom is -0.0880 e. The average molecular weight is 294 g/mol. The molecule has 0 saturated carbocycles. The number of benzene rings is 1. The molecular formula is C11H11BrCl2. The predicted octanol–water partition coefficient (Wildman–Crippen LogP) is 5.18. The van der Waals surface area contributed by atoms with E-state index in [4.69, 9.17) is 23.2 Å². The van der Waals surface area contributed by atoms with E-state index >= 15 is 0 Å². The van der Waals surface area contributed by atoms with Crippen molar-refractivity contribution in [1.82, 2.24) is 0 Å². The molecule has 0 aliphatic carbocycles. The summed E-state index contributed by atoms with van der Waals surface area (Å²) in [5.41, 5.74) is 2.38. The van der Waals surface area contributed by atoms with Crippen LogP contribution in [0.3, 0.4) is 0 Å². The predicted molar refractivity (Wildman–Crippen MR) is 68.5 cm³/mol. The maximum atomic E-state index is 5.89. The second-order valence-corrected chi connectivity index (χ2v) is 4.43. The Hall–Kier alpha value is 0.0200. The molecule has 0 saturated heterocycles. The molecule has 0 unspecified atom stereocenters. The molecule has 0 fully saturated rings. The second-order valence-electron chi connectivity index (χ2n) is 2.99. The molecule has 0 aliphatic rings. The van der Waals surface area contributed by atoms with Crippen LogP contribution >= 0.6 is 39.1 Å². The highest BCUT2D eigenvalue weighted by Gasteiger charge is 1.97. The van der Waals surface area contributed by atoms with E-state index in [2.05, 4.69) is 28.9 Å². The maximum Gasteiger partial charge on any atom is 0.0426 e. The molecule has 1 aromatic carbocycles. The van der Waals surface area contributed by atoms with Crippen molar-refractivity contribution < 1.29 is 0 Å². The number of alkyl halides is 1. The summed E-state index contributed by atoms with van der Waals surface area (Å²) in [6.45, 7) is 2.12. The Kier molecular flexibility index (Phi) is 5.00. The highest BCUT2D eigenvalue weighted by Crippen LogP contribution is 2.21. The zero-order valence-corrected chi connectivity index (χ0v) is 11.0. The topological polar surface area (TPSA) is 0 Å². The van der Waals surface area contributed by atoms with E-state index in [9.17, 15) is 0 Å². The molecule has 0 bridgehead atoms. The smallest absolute Gasteiger partial charge is 0.0426 e. The fourth-order valence-corrected chi connectivity index (χ4v) is 2.23. The van der Waals surface area contributed by atoms with E-state index in [1.54, 1.807) is 6.07 Å². The van der Waals surface area contributed by atoms with Crippen LogP contribution in [0.4, 0.5) is 0 Å². The molecule has 0 nitrogen and oxygen atoms in total. The van der Waals surface area contributed by atoms with Gasteiger partial charge in [0.1, 0.15) is 0 Å². The molecule has 14 heavy (non-hydrogen) atoms. The molecule has 1 aromatic rings. The molecular weight excluding hydrogens is 283 g/mol. The first kappa shape index (κ1) is 12.1. The molecule has 0 N–H and O–H groups in total. The molecule has 0 spiro atoms. The van der Waals surface area contributed by atoms with Crippen molar-refractivity contribution in [1.29, 1.82) is 0 Å². The summed E-state index contributed by atoms with van der Waals surface area (Å²) in [5.74, 6) is 0. The number of rotatable bonds is 3. The summed E-state index contributed by atoms with van der Waals surface area (Å²) < 4.78 is 0. The maximum absolute atomic E-state index is 5.89. The molecule has 0 aliphatic heterocycles. The first-order valence-corrected chi connectivity index (χ1v) is 6.25. The Bertz CT molecular complexity index is 319. The molecule has 3 heteroatoms. The largest absolute Gasteiger partial charge is 0.0880 e.